The second-order valence-electron chi connectivity index (χ2n) is 4.77. The third kappa shape index (κ3) is 2.13. The van der Waals surface area contributed by atoms with Gasteiger partial charge in [0.15, 0.2) is 0 Å². The summed E-state index contributed by atoms with van der Waals surface area (Å²) >= 11 is 3.14. The molecule has 1 aromatic carbocycles. The van der Waals surface area contributed by atoms with E-state index in [1.165, 1.54) is 0 Å². The van der Waals surface area contributed by atoms with Crippen LogP contribution < -0.4 is 0 Å². The molecule has 3 rings (SSSR count). The molecule has 0 radical (unpaired) electrons. The van der Waals surface area contributed by atoms with E-state index in [4.69, 9.17) is 0 Å². The van der Waals surface area contributed by atoms with E-state index < -0.39 is 5.60 Å². The molecule has 2 heterocycles. The number of hydrogen-bond acceptors (Lipinski definition) is 5. The highest BCUT2D eigenvalue weighted by Gasteiger charge is 2.36. The van der Waals surface area contributed by atoms with Crippen molar-refractivity contribution in [2.75, 3.05) is 6.26 Å². The number of fused-ring (bicyclic) bond motifs is 1. The third-order valence-electron chi connectivity index (χ3n) is 3.41. The Morgan fingerprint density at radius 1 is 1.35 bits per heavy atom. The largest absolute Gasteiger partial charge is 0.382 e. The average Bonchev–Trinajstić information content (AvgIpc) is 3.09. The molecule has 0 amide bonds. The molecule has 2 aromatic heterocycles. The van der Waals surface area contributed by atoms with Crippen LogP contribution in [0.5, 0.6) is 0 Å². The van der Waals surface area contributed by atoms with Gasteiger partial charge in [0.05, 0.1) is 5.52 Å². The predicted molar refractivity (Wildman–Crippen MR) is 84.0 cm³/mol. The van der Waals surface area contributed by atoms with Crippen molar-refractivity contribution in [1.29, 1.82) is 0 Å². The first-order valence-corrected chi connectivity index (χ1v) is 8.45. The first-order valence-electron chi connectivity index (χ1n) is 6.22. The van der Waals surface area contributed by atoms with Crippen molar-refractivity contribution in [3.05, 3.63) is 46.7 Å². The van der Waals surface area contributed by atoms with Gasteiger partial charge in [-0.25, -0.2) is 4.68 Å². The Hall–Kier alpha value is -1.37. The smallest absolute Gasteiger partial charge is 0.132 e. The van der Waals surface area contributed by atoms with Crippen molar-refractivity contribution >= 4 is 34.1 Å². The van der Waals surface area contributed by atoms with E-state index >= 15 is 0 Å². The van der Waals surface area contributed by atoms with Crippen LogP contribution in [0.4, 0.5) is 0 Å². The summed E-state index contributed by atoms with van der Waals surface area (Å²) in [6.07, 6.45) is 1.97. The molecular weight excluding hydrogens is 290 g/mol. The van der Waals surface area contributed by atoms with Gasteiger partial charge in [-0.15, -0.1) is 16.9 Å². The van der Waals surface area contributed by atoms with Gasteiger partial charge >= 0.3 is 0 Å². The summed E-state index contributed by atoms with van der Waals surface area (Å²) in [6, 6.07) is 9.75. The molecule has 0 aliphatic heterocycles. The highest BCUT2D eigenvalue weighted by atomic mass is 32.2. The fourth-order valence-corrected chi connectivity index (χ4v) is 4.04. The summed E-state index contributed by atoms with van der Waals surface area (Å²) in [4.78, 5) is 0. The number of rotatable bonds is 4. The minimum absolute atomic E-state index is 0.232. The molecule has 0 aliphatic carbocycles. The predicted octanol–water partition coefficient (Wildman–Crippen LogP) is 3.26. The number of thiophene rings is 1. The molecule has 20 heavy (non-hydrogen) atoms. The van der Waals surface area contributed by atoms with Crippen molar-refractivity contribution in [3.8, 4) is 0 Å². The van der Waals surface area contributed by atoms with Crippen LogP contribution in [0, 0.1) is 0 Å². The van der Waals surface area contributed by atoms with Gasteiger partial charge in [0, 0.05) is 0 Å². The molecule has 0 saturated heterocycles. The Morgan fingerprint density at radius 3 is 2.85 bits per heavy atom. The first-order chi connectivity index (χ1) is 9.64. The van der Waals surface area contributed by atoms with Gasteiger partial charge in [0.1, 0.15) is 16.5 Å². The SMILES string of the molecule is CSC(n1nnc2ccccc21)C(C)(O)c1ccsc1. The van der Waals surface area contributed by atoms with Crippen molar-refractivity contribution in [3.63, 3.8) is 0 Å². The van der Waals surface area contributed by atoms with E-state index in [2.05, 4.69) is 10.3 Å². The minimum Gasteiger partial charge on any atom is -0.382 e. The summed E-state index contributed by atoms with van der Waals surface area (Å²) in [5, 5.41) is 23.1. The highest BCUT2D eigenvalue weighted by molar-refractivity contribution is 7.98. The molecule has 0 saturated carbocycles. The standard InChI is InChI=1S/C14H15N3OS2/c1-14(18,10-7-8-20-9-10)13(19-2)17-12-6-4-3-5-11(12)15-16-17/h3-9,13,18H,1-2H3. The van der Waals surface area contributed by atoms with Crippen LogP contribution in [0.15, 0.2) is 41.1 Å². The molecule has 2 atom stereocenters. The third-order valence-corrected chi connectivity index (χ3v) is 5.20. The first kappa shape index (κ1) is 13.6. The molecule has 4 nitrogen and oxygen atoms in total. The molecule has 6 heteroatoms. The zero-order chi connectivity index (χ0) is 14.2. The minimum atomic E-state index is -1.00. The van der Waals surface area contributed by atoms with Crippen LogP contribution in [0.3, 0.4) is 0 Å². The maximum atomic E-state index is 11.0. The average molecular weight is 305 g/mol. The van der Waals surface area contributed by atoms with E-state index in [1.54, 1.807) is 27.8 Å². The fourth-order valence-electron chi connectivity index (χ4n) is 2.32. The van der Waals surface area contributed by atoms with Crippen molar-refractivity contribution in [1.82, 2.24) is 15.0 Å². The Labute approximate surface area is 125 Å². The summed E-state index contributed by atoms with van der Waals surface area (Å²) in [7, 11) is 0. The molecule has 0 aliphatic rings. The van der Waals surface area contributed by atoms with Crippen LogP contribution in [-0.4, -0.2) is 26.4 Å². The number of nitrogens with zero attached hydrogens (tertiary/aromatic N) is 3. The van der Waals surface area contributed by atoms with Crippen molar-refractivity contribution in [2.45, 2.75) is 17.9 Å². The van der Waals surface area contributed by atoms with Gasteiger partial charge in [-0.3, -0.25) is 0 Å². The maximum absolute atomic E-state index is 11.0. The topological polar surface area (TPSA) is 50.9 Å². The summed E-state index contributed by atoms with van der Waals surface area (Å²) in [5.41, 5.74) is 1.67. The van der Waals surface area contributed by atoms with Gasteiger partial charge in [0.2, 0.25) is 0 Å². The number of benzene rings is 1. The molecule has 0 fully saturated rings. The molecule has 0 bridgehead atoms. The van der Waals surface area contributed by atoms with Gasteiger partial charge in [-0.05, 0) is 47.7 Å². The second-order valence-corrected chi connectivity index (χ2v) is 6.47. The summed E-state index contributed by atoms with van der Waals surface area (Å²) in [6.45, 7) is 1.83. The Kier molecular flexibility index (Phi) is 3.54. The highest BCUT2D eigenvalue weighted by Crippen LogP contribution is 2.41. The fraction of sp³-hybridized carbons (Fsp3) is 0.286. The lowest BCUT2D eigenvalue weighted by molar-refractivity contribution is 0.0317. The van der Waals surface area contributed by atoms with Crippen LogP contribution >= 0.6 is 23.1 Å². The van der Waals surface area contributed by atoms with E-state index in [-0.39, 0.29) is 5.37 Å². The van der Waals surface area contributed by atoms with E-state index in [0.29, 0.717) is 0 Å². The van der Waals surface area contributed by atoms with Gasteiger partial charge in [-0.1, -0.05) is 17.3 Å². The number of aromatic nitrogens is 3. The van der Waals surface area contributed by atoms with E-state index in [9.17, 15) is 5.11 Å². The molecule has 2 unspecified atom stereocenters. The lowest BCUT2D eigenvalue weighted by Crippen LogP contribution is -2.32. The van der Waals surface area contributed by atoms with Gasteiger partial charge < -0.3 is 5.11 Å². The summed E-state index contributed by atoms with van der Waals surface area (Å²) < 4.78 is 1.80. The zero-order valence-electron chi connectivity index (χ0n) is 11.2. The maximum Gasteiger partial charge on any atom is 0.132 e. The zero-order valence-corrected chi connectivity index (χ0v) is 12.9. The lowest BCUT2D eigenvalue weighted by atomic mass is 9.99. The lowest BCUT2D eigenvalue weighted by Gasteiger charge is -2.31. The molecular formula is C14H15N3OS2. The second kappa shape index (κ2) is 5.20. The van der Waals surface area contributed by atoms with Crippen LogP contribution in [0.25, 0.3) is 11.0 Å². The number of aliphatic hydroxyl groups is 1. The molecule has 104 valence electrons. The van der Waals surface area contributed by atoms with Crippen LogP contribution in [-0.2, 0) is 5.60 Å². The quantitative estimate of drug-likeness (QED) is 0.804. The summed E-state index contributed by atoms with van der Waals surface area (Å²) in [5.74, 6) is 0. The van der Waals surface area contributed by atoms with Gasteiger partial charge in [0.25, 0.3) is 0 Å². The van der Waals surface area contributed by atoms with E-state index in [1.807, 2.05) is 54.3 Å². The normalized spacial score (nSPS) is 16.1. The molecule has 0 spiro atoms. The molecule has 1 N–H and O–H groups in total. The Morgan fingerprint density at radius 2 is 2.15 bits per heavy atom. The van der Waals surface area contributed by atoms with Crippen LogP contribution in [0.2, 0.25) is 0 Å². The van der Waals surface area contributed by atoms with Crippen molar-refractivity contribution < 1.29 is 5.11 Å². The molecule has 3 aromatic rings. The number of hydrogen-bond donors (Lipinski definition) is 1. The monoisotopic (exact) mass is 305 g/mol. The van der Waals surface area contributed by atoms with E-state index in [0.717, 1.165) is 16.6 Å². The number of para-hydroxylation sites is 1. The Balaban J connectivity index is 2.10. The van der Waals surface area contributed by atoms with Gasteiger partial charge in [-0.2, -0.15) is 11.3 Å². The van der Waals surface area contributed by atoms with Crippen molar-refractivity contribution in [2.24, 2.45) is 0 Å². The van der Waals surface area contributed by atoms with Crippen LogP contribution in [0.1, 0.15) is 17.9 Å². The number of thioether (sulfide) groups is 1. The Bertz CT molecular complexity index is 706.